The van der Waals surface area contributed by atoms with Gasteiger partial charge in [-0.05, 0) is 72.2 Å². The van der Waals surface area contributed by atoms with E-state index in [2.05, 4.69) is 140 Å². The summed E-state index contributed by atoms with van der Waals surface area (Å²) in [5.74, 6) is 1.27. The summed E-state index contributed by atoms with van der Waals surface area (Å²) in [6, 6.07) is 33.8. The molecule has 244 valence electrons. The van der Waals surface area contributed by atoms with Crippen molar-refractivity contribution in [2.45, 2.75) is 97.7 Å². The molecule has 6 nitrogen and oxygen atoms in total. The molecule has 3 saturated heterocycles. The molecule has 12 unspecified atom stereocenters. The molecule has 48 heavy (non-hydrogen) atoms. The molecular formula is C42H46N6. The zero-order valence-corrected chi connectivity index (χ0v) is 27.4. The van der Waals surface area contributed by atoms with E-state index < -0.39 is 0 Å². The Kier molecular flexibility index (Phi) is 8.27. The van der Waals surface area contributed by atoms with Crippen LogP contribution in [-0.4, -0.2) is 58.3 Å². The molecule has 8 bridgehead atoms. The second-order valence-electron chi connectivity index (χ2n) is 14.6. The lowest BCUT2D eigenvalue weighted by Gasteiger charge is -2.37. The first-order valence-electron chi connectivity index (χ1n) is 18.1. The zero-order valence-electron chi connectivity index (χ0n) is 27.4. The van der Waals surface area contributed by atoms with Crippen LogP contribution in [0.1, 0.15) is 71.6 Å². The summed E-state index contributed by atoms with van der Waals surface area (Å²) in [4.78, 5) is 8.81. The summed E-state index contributed by atoms with van der Waals surface area (Å²) < 4.78 is 0. The lowest BCUT2D eigenvalue weighted by atomic mass is 9.83. The fourth-order valence-electron chi connectivity index (χ4n) is 10.1. The van der Waals surface area contributed by atoms with Gasteiger partial charge in [0.2, 0.25) is 0 Å². The number of aromatic nitrogens is 2. The predicted molar refractivity (Wildman–Crippen MR) is 192 cm³/mol. The minimum absolute atomic E-state index is 0.235. The molecule has 0 spiro atoms. The normalized spacial score (nSPS) is 37.2. The Morgan fingerprint density at radius 1 is 0.354 bits per heavy atom. The average molecular weight is 635 g/mol. The topological polar surface area (TPSA) is 73.9 Å². The molecule has 0 amide bonds. The molecule has 6 heteroatoms. The maximum Gasteiger partial charge on any atom is 0.0340 e. The van der Waals surface area contributed by atoms with E-state index in [-0.39, 0.29) is 24.2 Å². The van der Waals surface area contributed by atoms with Gasteiger partial charge >= 0.3 is 0 Å². The van der Waals surface area contributed by atoms with Crippen molar-refractivity contribution in [1.29, 1.82) is 0 Å². The van der Waals surface area contributed by atoms with Crippen LogP contribution in [0.5, 0.6) is 0 Å². The van der Waals surface area contributed by atoms with Gasteiger partial charge in [0.1, 0.15) is 0 Å². The van der Waals surface area contributed by atoms with Crippen molar-refractivity contribution >= 4 is 0 Å². The number of pyridine rings is 2. The van der Waals surface area contributed by atoms with E-state index in [0.717, 1.165) is 25.7 Å². The fraction of sp³-hybridized carbons (Fsp3) is 0.381. The first kappa shape index (κ1) is 30.1. The Hall–Kier alpha value is -3.94. The lowest BCUT2D eigenvalue weighted by Crippen LogP contribution is -2.52. The van der Waals surface area contributed by atoms with Crippen LogP contribution in [0.4, 0.5) is 0 Å². The number of fused-ring (bicyclic) bond motifs is 8. The van der Waals surface area contributed by atoms with Crippen LogP contribution in [0.2, 0.25) is 0 Å². The van der Waals surface area contributed by atoms with E-state index in [9.17, 15) is 0 Å². The third kappa shape index (κ3) is 5.65. The highest BCUT2D eigenvalue weighted by atomic mass is 15.1. The molecule has 0 radical (unpaired) electrons. The average Bonchev–Trinajstić information content (AvgIpc) is 3.98. The van der Waals surface area contributed by atoms with E-state index in [4.69, 9.17) is 0 Å². The van der Waals surface area contributed by atoms with Gasteiger partial charge in [-0.2, -0.15) is 0 Å². The van der Waals surface area contributed by atoms with Gasteiger partial charge in [0.15, 0.2) is 0 Å². The van der Waals surface area contributed by atoms with Crippen LogP contribution < -0.4 is 21.3 Å². The maximum atomic E-state index is 4.40. The van der Waals surface area contributed by atoms with Gasteiger partial charge in [-0.3, -0.25) is 9.97 Å². The van der Waals surface area contributed by atoms with Crippen LogP contribution in [0, 0.1) is 0 Å². The third-order valence-electron chi connectivity index (χ3n) is 12.1. The van der Waals surface area contributed by atoms with Crippen LogP contribution in [0.3, 0.4) is 0 Å². The van der Waals surface area contributed by atoms with Crippen molar-refractivity contribution in [2.75, 3.05) is 0 Å². The molecule has 2 aromatic heterocycles. The minimum atomic E-state index is 0.235. The highest BCUT2D eigenvalue weighted by Gasteiger charge is 2.47. The molecule has 5 aliphatic heterocycles. The second kappa shape index (κ2) is 13.2. The van der Waals surface area contributed by atoms with E-state index in [1.807, 2.05) is 24.8 Å². The quantitative estimate of drug-likeness (QED) is 0.208. The van der Waals surface area contributed by atoms with Crippen molar-refractivity contribution in [1.82, 2.24) is 31.2 Å². The van der Waals surface area contributed by atoms with Crippen molar-refractivity contribution in [3.8, 4) is 0 Å². The molecule has 2 aromatic carbocycles. The van der Waals surface area contributed by atoms with Gasteiger partial charge in [0.05, 0.1) is 0 Å². The molecule has 4 aromatic rings. The number of hydrogen-bond acceptors (Lipinski definition) is 6. The molecule has 0 aliphatic carbocycles. The van der Waals surface area contributed by atoms with E-state index in [0.29, 0.717) is 47.8 Å². The fourth-order valence-corrected chi connectivity index (χ4v) is 10.1. The summed E-state index contributed by atoms with van der Waals surface area (Å²) in [6.07, 6.45) is 22.4. The van der Waals surface area contributed by atoms with Crippen molar-refractivity contribution in [3.63, 3.8) is 0 Å². The van der Waals surface area contributed by atoms with Crippen LogP contribution in [0.15, 0.2) is 134 Å². The highest BCUT2D eigenvalue weighted by Crippen LogP contribution is 2.43. The molecule has 4 N–H and O–H groups in total. The molecular weight excluding hydrogens is 589 g/mol. The summed E-state index contributed by atoms with van der Waals surface area (Å²) in [6.45, 7) is 0. The summed E-state index contributed by atoms with van der Waals surface area (Å²) in [7, 11) is 0. The lowest BCUT2D eigenvalue weighted by molar-refractivity contribution is 0.317. The van der Waals surface area contributed by atoms with Gasteiger partial charge in [0.25, 0.3) is 0 Å². The zero-order chi connectivity index (χ0) is 31.9. The Morgan fingerprint density at radius 3 is 0.958 bits per heavy atom. The molecule has 3 fully saturated rings. The summed E-state index contributed by atoms with van der Waals surface area (Å²) in [5.41, 5.74) is 5.53. The van der Waals surface area contributed by atoms with Gasteiger partial charge in [-0.15, -0.1) is 0 Å². The van der Waals surface area contributed by atoms with Gasteiger partial charge in [-0.25, -0.2) is 0 Å². The molecule has 5 aliphatic rings. The smallest absolute Gasteiger partial charge is 0.0340 e. The first-order valence-corrected chi connectivity index (χ1v) is 18.1. The van der Waals surface area contributed by atoms with Crippen LogP contribution in [-0.2, 0) is 0 Å². The number of benzene rings is 2. The van der Waals surface area contributed by atoms with E-state index in [1.54, 1.807) is 0 Å². The number of nitrogens with zero attached hydrogens (tertiary/aromatic N) is 2. The van der Waals surface area contributed by atoms with Gasteiger partial charge in [0, 0.05) is 96.8 Å². The summed E-state index contributed by atoms with van der Waals surface area (Å²) >= 11 is 0. The van der Waals surface area contributed by atoms with Gasteiger partial charge < -0.3 is 21.3 Å². The molecule has 9 rings (SSSR count). The number of hydrogen-bond donors (Lipinski definition) is 4. The van der Waals surface area contributed by atoms with Crippen LogP contribution >= 0.6 is 0 Å². The monoisotopic (exact) mass is 634 g/mol. The maximum absolute atomic E-state index is 4.40. The van der Waals surface area contributed by atoms with Gasteiger partial charge in [-0.1, -0.05) is 85.0 Å². The molecule has 12 atom stereocenters. The first-order chi connectivity index (χ1) is 23.8. The van der Waals surface area contributed by atoms with Crippen molar-refractivity contribution in [3.05, 3.63) is 156 Å². The minimum Gasteiger partial charge on any atom is -0.310 e. The van der Waals surface area contributed by atoms with Crippen molar-refractivity contribution < 1.29 is 0 Å². The SMILES string of the molecule is C1=CC2NC1C(c1ccccc1)C1CCC(N1)C(c1ccncc1)C1C=CC(N1)C(c1ccccc1)C1CCC(N1)C2c1ccncc1. The van der Waals surface area contributed by atoms with Crippen molar-refractivity contribution in [2.24, 2.45) is 0 Å². The Balaban J connectivity index is 1.14. The number of rotatable bonds is 4. The summed E-state index contributed by atoms with van der Waals surface area (Å²) in [5, 5.41) is 16.9. The van der Waals surface area contributed by atoms with E-state index >= 15 is 0 Å². The third-order valence-corrected chi connectivity index (χ3v) is 12.1. The largest absolute Gasteiger partial charge is 0.310 e. The Morgan fingerprint density at radius 2 is 0.646 bits per heavy atom. The highest BCUT2D eigenvalue weighted by molar-refractivity contribution is 5.36. The van der Waals surface area contributed by atoms with Crippen LogP contribution in [0.25, 0.3) is 0 Å². The predicted octanol–water partition coefficient (Wildman–Crippen LogP) is 5.96. The standard InChI is InChI=1S/C42H46N6/c1-3-7-27(8-4-1)39-31-11-15-35(45-31)41(29-19-23-43-24-20-29)37-17-13-33(47-37)40(28-9-5-2-6-10-28)34-14-18-38(48-34)42(30-21-25-44-26-22-30)36-16-12-32(39)46-36/h1-11,14-15,18-26,31-42,45-48H,12-13,16-17H2. The second-order valence-corrected chi connectivity index (χ2v) is 14.6. The Bertz CT molecular complexity index is 1460. The number of nitrogens with one attached hydrogen (secondary N) is 4. The Labute approximate surface area is 284 Å². The van der Waals surface area contributed by atoms with E-state index in [1.165, 1.54) is 22.3 Å². The molecule has 7 heterocycles. The molecule has 0 saturated carbocycles.